The zero-order valence-electron chi connectivity index (χ0n) is 15.0. The minimum absolute atomic E-state index is 0.0137. The molecule has 150 valence electrons. The lowest BCUT2D eigenvalue weighted by atomic mass is 10.0. The molecule has 0 aliphatic carbocycles. The molecule has 3 amide bonds. The Morgan fingerprint density at radius 2 is 1.93 bits per heavy atom. The molecule has 1 fully saturated rings. The summed E-state index contributed by atoms with van der Waals surface area (Å²) >= 11 is 0. The second kappa shape index (κ2) is 7.21. The van der Waals surface area contributed by atoms with Crippen molar-refractivity contribution in [3.8, 4) is 0 Å². The van der Waals surface area contributed by atoms with Gasteiger partial charge in [0.05, 0.1) is 17.8 Å². The Kier molecular flexibility index (Phi) is 5.09. The quantitative estimate of drug-likeness (QED) is 0.575. The number of pyridine rings is 1. The first-order chi connectivity index (χ1) is 13.1. The average Bonchev–Trinajstić information content (AvgIpc) is 2.97. The van der Waals surface area contributed by atoms with Gasteiger partial charge in [0.2, 0.25) is 5.91 Å². The number of likely N-dealkylation sites (tertiary alicyclic amines) is 1. The number of nitrogens with zero attached hydrogens (tertiary/aromatic N) is 3. The van der Waals surface area contributed by atoms with E-state index in [4.69, 9.17) is 5.41 Å². The lowest BCUT2D eigenvalue weighted by Gasteiger charge is -2.36. The zero-order chi connectivity index (χ0) is 20.6. The highest BCUT2D eigenvalue weighted by molar-refractivity contribution is 6.09. The third kappa shape index (κ3) is 3.82. The first-order valence-electron chi connectivity index (χ1n) is 8.60. The lowest BCUT2D eigenvalue weighted by Crippen LogP contribution is -2.46. The number of carbonyl (C=O) groups excluding carboxylic acids is 3. The van der Waals surface area contributed by atoms with Crippen molar-refractivity contribution in [1.29, 1.82) is 5.41 Å². The number of halogens is 3. The molecule has 1 aromatic heterocycles. The Bertz CT molecular complexity index is 847. The summed E-state index contributed by atoms with van der Waals surface area (Å²) in [6.45, 7) is 2.86. The normalized spacial score (nSPS) is 17.5. The molecule has 1 aromatic rings. The van der Waals surface area contributed by atoms with Gasteiger partial charge >= 0.3 is 12.1 Å². The number of fused-ring (bicyclic) bond motifs is 1. The molecule has 2 aliphatic rings. The maximum Gasteiger partial charge on any atom is 0.471 e. The molecule has 3 heterocycles. The molecule has 3 rings (SSSR count). The number of hydrogen-bond donors (Lipinski definition) is 2. The largest absolute Gasteiger partial charge is 0.471 e. The standard InChI is InChI=1S/C17H18F3N5O3/c1-9(26)24-4-2-11(3-5-24)25-8-13-12(15(25)27)6-10(7-22-13)14(21)23-16(28)17(18,19)20/h6-7,11H,2-5,8H2,1H3,(H2,21,23,28). The fourth-order valence-corrected chi connectivity index (χ4v) is 3.37. The van der Waals surface area contributed by atoms with E-state index in [1.807, 2.05) is 0 Å². The van der Waals surface area contributed by atoms with Crippen LogP contribution in [0.4, 0.5) is 13.2 Å². The van der Waals surface area contributed by atoms with Crippen LogP contribution in [0.25, 0.3) is 0 Å². The molecule has 1 saturated heterocycles. The Morgan fingerprint density at radius 3 is 2.50 bits per heavy atom. The molecule has 0 radical (unpaired) electrons. The number of hydrogen-bond acceptors (Lipinski definition) is 5. The lowest BCUT2D eigenvalue weighted by molar-refractivity contribution is -0.171. The van der Waals surface area contributed by atoms with Crippen molar-refractivity contribution in [2.45, 2.75) is 38.5 Å². The summed E-state index contributed by atoms with van der Waals surface area (Å²) in [5, 5.41) is 9.09. The number of nitrogens with one attached hydrogen (secondary N) is 2. The number of carbonyl (C=O) groups is 3. The van der Waals surface area contributed by atoms with Crippen molar-refractivity contribution >= 4 is 23.6 Å². The highest BCUT2D eigenvalue weighted by Gasteiger charge is 2.40. The maximum absolute atomic E-state index is 12.7. The second-order valence-electron chi connectivity index (χ2n) is 6.72. The van der Waals surface area contributed by atoms with Gasteiger partial charge in [-0.05, 0) is 18.9 Å². The van der Waals surface area contributed by atoms with E-state index >= 15 is 0 Å². The summed E-state index contributed by atoms with van der Waals surface area (Å²) in [6, 6.07) is 1.21. The average molecular weight is 397 g/mol. The fraction of sp³-hybridized carbons (Fsp3) is 0.471. The molecule has 0 unspecified atom stereocenters. The van der Waals surface area contributed by atoms with Crippen LogP contribution < -0.4 is 5.32 Å². The van der Waals surface area contributed by atoms with Crippen LogP contribution in [0, 0.1) is 5.41 Å². The van der Waals surface area contributed by atoms with E-state index in [2.05, 4.69) is 4.98 Å². The number of amidine groups is 1. The third-order valence-electron chi connectivity index (χ3n) is 4.92. The van der Waals surface area contributed by atoms with Crippen LogP contribution >= 0.6 is 0 Å². The van der Waals surface area contributed by atoms with Crippen molar-refractivity contribution in [2.75, 3.05) is 13.1 Å². The molecule has 0 saturated carbocycles. The van der Waals surface area contributed by atoms with Crippen LogP contribution in [0.5, 0.6) is 0 Å². The van der Waals surface area contributed by atoms with Crippen molar-refractivity contribution in [2.24, 2.45) is 0 Å². The smallest absolute Gasteiger partial charge is 0.343 e. The molecule has 0 spiro atoms. The van der Waals surface area contributed by atoms with Gasteiger partial charge in [0.1, 0.15) is 5.84 Å². The molecule has 0 atom stereocenters. The number of amides is 3. The number of piperidine rings is 1. The van der Waals surface area contributed by atoms with Crippen LogP contribution in [0.15, 0.2) is 12.3 Å². The summed E-state index contributed by atoms with van der Waals surface area (Å²) in [4.78, 5) is 42.6. The molecule has 0 aromatic carbocycles. The SMILES string of the molecule is CC(=O)N1CCC(N2Cc3ncc(C(=N)NC(=O)C(F)(F)F)cc3C2=O)CC1. The summed E-state index contributed by atoms with van der Waals surface area (Å²) in [5.41, 5.74) is 0.591. The molecule has 28 heavy (non-hydrogen) atoms. The molecule has 8 nitrogen and oxygen atoms in total. The number of rotatable bonds is 2. The van der Waals surface area contributed by atoms with E-state index in [-0.39, 0.29) is 35.5 Å². The van der Waals surface area contributed by atoms with E-state index < -0.39 is 17.9 Å². The number of alkyl halides is 3. The minimum Gasteiger partial charge on any atom is -0.343 e. The van der Waals surface area contributed by atoms with Crippen molar-refractivity contribution in [3.63, 3.8) is 0 Å². The van der Waals surface area contributed by atoms with E-state index in [0.29, 0.717) is 31.6 Å². The Hall–Kier alpha value is -2.98. The Balaban J connectivity index is 1.70. The highest BCUT2D eigenvalue weighted by Crippen LogP contribution is 2.28. The van der Waals surface area contributed by atoms with Gasteiger partial charge in [-0.1, -0.05) is 0 Å². The predicted molar refractivity (Wildman–Crippen MR) is 90.4 cm³/mol. The van der Waals surface area contributed by atoms with Crippen LogP contribution in [-0.4, -0.2) is 63.6 Å². The Morgan fingerprint density at radius 1 is 1.29 bits per heavy atom. The van der Waals surface area contributed by atoms with E-state index in [0.717, 1.165) is 6.20 Å². The molecular weight excluding hydrogens is 379 g/mol. The first kappa shape index (κ1) is 19.8. The van der Waals surface area contributed by atoms with E-state index in [9.17, 15) is 27.6 Å². The van der Waals surface area contributed by atoms with Crippen molar-refractivity contribution < 1.29 is 27.6 Å². The topological polar surface area (TPSA) is 106 Å². The van der Waals surface area contributed by atoms with Gasteiger partial charge in [-0.2, -0.15) is 13.2 Å². The van der Waals surface area contributed by atoms with Gasteiger partial charge in [0, 0.05) is 37.8 Å². The van der Waals surface area contributed by atoms with Crippen LogP contribution in [0.2, 0.25) is 0 Å². The summed E-state index contributed by atoms with van der Waals surface area (Å²) in [7, 11) is 0. The Labute approximate surface area is 158 Å². The summed E-state index contributed by atoms with van der Waals surface area (Å²) in [5.74, 6) is -3.37. The minimum atomic E-state index is -5.11. The van der Waals surface area contributed by atoms with Crippen molar-refractivity contribution in [3.05, 3.63) is 29.1 Å². The van der Waals surface area contributed by atoms with Gasteiger partial charge in [-0.15, -0.1) is 0 Å². The van der Waals surface area contributed by atoms with Crippen LogP contribution in [-0.2, 0) is 16.1 Å². The third-order valence-corrected chi connectivity index (χ3v) is 4.92. The van der Waals surface area contributed by atoms with Crippen LogP contribution in [0.1, 0.15) is 41.4 Å². The van der Waals surface area contributed by atoms with Gasteiger partial charge in [-0.3, -0.25) is 24.8 Å². The van der Waals surface area contributed by atoms with Crippen LogP contribution in [0.3, 0.4) is 0 Å². The zero-order valence-corrected chi connectivity index (χ0v) is 15.0. The van der Waals surface area contributed by atoms with Gasteiger partial charge < -0.3 is 15.1 Å². The number of aromatic nitrogens is 1. The summed E-state index contributed by atoms with van der Waals surface area (Å²) < 4.78 is 37.0. The predicted octanol–water partition coefficient (Wildman–Crippen LogP) is 1.05. The molecule has 11 heteroatoms. The van der Waals surface area contributed by atoms with E-state index in [1.165, 1.54) is 18.3 Å². The van der Waals surface area contributed by atoms with Gasteiger partial charge in [0.25, 0.3) is 5.91 Å². The molecule has 0 bridgehead atoms. The second-order valence-corrected chi connectivity index (χ2v) is 6.72. The first-order valence-corrected chi connectivity index (χ1v) is 8.60. The van der Waals surface area contributed by atoms with Crippen molar-refractivity contribution in [1.82, 2.24) is 20.1 Å². The molecule has 2 N–H and O–H groups in total. The monoisotopic (exact) mass is 397 g/mol. The fourth-order valence-electron chi connectivity index (χ4n) is 3.37. The highest BCUT2D eigenvalue weighted by atomic mass is 19.4. The van der Waals surface area contributed by atoms with E-state index in [1.54, 1.807) is 9.80 Å². The molecular formula is C17H18F3N5O3. The molecule has 2 aliphatic heterocycles. The van der Waals surface area contributed by atoms with Gasteiger partial charge in [-0.25, -0.2) is 0 Å². The van der Waals surface area contributed by atoms with Gasteiger partial charge in [0.15, 0.2) is 0 Å². The summed E-state index contributed by atoms with van der Waals surface area (Å²) in [6.07, 6.45) is -2.70. The maximum atomic E-state index is 12.7.